The number of rotatable bonds is 11. The third-order valence-corrected chi connectivity index (χ3v) is 7.85. The lowest BCUT2D eigenvalue weighted by Gasteiger charge is -2.19. The van der Waals surface area contributed by atoms with Gasteiger partial charge in [-0.15, -0.1) is 11.3 Å². The fourth-order valence-corrected chi connectivity index (χ4v) is 5.85. The van der Waals surface area contributed by atoms with Gasteiger partial charge in [-0.2, -0.15) is 0 Å². The van der Waals surface area contributed by atoms with Crippen molar-refractivity contribution in [2.45, 2.75) is 63.3 Å². The second kappa shape index (κ2) is 12.0. The van der Waals surface area contributed by atoms with Gasteiger partial charge in [0.05, 0.1) is 23.3 Å². The highest BCUT2D eigenvalue weighted by Gasteiger charge is 2.39. The van der Waals surface area contributed by atoms with Gasteiger partial charge in [-0.3, -0.25) is 4.79 Å². The van der Waals surface area contributed by atoms with Gasteiger partial charge < -0.3 is 20.4 Å². The van der Waals surface area contributed by atoms with Gasteiger partial charge in [0.2, 0.25) is 0 Å². The smallest absolute Gasteiger partial charge is 0.303 e. The van der Waals surface area contributed by atoms with E-state index in [1.54, 1.807) is 17.4 Å². The number of carboxylic acid groups (broad SMARTS) is 1. The number of aliphatic carboxylic acids is 1. The maximum Gasteiger partial charge on any atom is 0.303 e. The van der Waals surface area contributed by atoms with E-state index in [0.29, 0.717) is 38.5 Å². The zero-order valence-corrected chi connectivity index (χ0v) is 19.5. The van der Waals surface area contributed by atoms with E-state index < -0.39 is 24.3 Å². The first-order valence-corrected chi connectivity index (χ1v) is 12.3. The van der Waals surface area contributed by atoms with Crippen molar-refractivity contribution in [1.82, 2.24) is 0 Å². The van der Waals surface area contributed by atoms with E-state index in [4.69, 9.17) is 16.7 Å². The van der Waals surface area contributed by atoms with Crippen molar-refractivity contribution in [1.29, 1.82) is 0 Å². The van der Waals surface area contributed by atoms with Crippen molar-refractivity contribution in [2.24, 2.45) is 11.8 Å². The molecular formula is C25H31ClO5S. The molecule has 5 atom stereocenters. The second-order valence-corrected chi connectivity index (χ2v) is 9.95. The molecule has 32 heavy (non-hydrogen) atoms. The van der Waals surface area contributed by atoms with E-state index >= 15 is 0 Å². The first-order chi connectivity index (χ1) is 15.4. The van der Waals surface area contributed by atoms with Crippen molar-refractivity contribution < 1.29 is 25.2 Å². The Hall–Kier alpha value is -1.70. The molecule has 4 unspecified atom stereocenters. The van der Waals surface area contributed by atoms with E-state index in [-0.39, 0.29) is 18.3 Å². The number of aliphatic hydroxyl groups excluding tert-OH is 3. The molecule has 1 heterocycles. The van der Waals surface area contributed by atoms with Gasteiger partial charge in [-0.05, 0) is 44.1 Å². The number of thiophene rings is 1. The zero-order chi connectivity index (χ0) is 23.1. The minimum Gasteiger partial charge on any atom is -0.481 e. The Morgan fingerprint density at radius 1 is 1.22 bits per heavy atom. The van der Waals surface area contributed by atoms with Crippen LogP contribution in [0, 0.1) is 11.8 Å². The van der Waals surface area contributed by atoms with Crippen LogP contribution in [0.3, 0.4) is 0 Å². The summed E-state index contributed by atoms with van der Waals surface area (Å²) < 4.78 is 1.14. The van der Waals surface area contributed by atoms with Crippen LogP contribution in [0.2, 0.25) is 5.02 Å². The number of allylic oxidation sites excluding steroid dienone is 2. The van der Waals surface area contributed by atoms with Gasteiger partial charge in [0, 0.05) is 33.7 Å². The van der Waals surface area contributed by atoms with Gasteiger partial charge in [0.15, 0.2) is 0 Å². The Bertz CT molecular complexity index is 953. The lowest BCUT2D eigenvalue weighted by Crippen LogP contribution is -2.20. The number of fused-ring (bicyclic) bond motifs is 1. The number of benzene rings is 1. The van der Waals surface area contributed by atoms with Crippen LogP contribution in [0.5, 0.6) is 0 Å². The molecular weight excluding hydrogens is 448 g/mol. The summed E-state index contributed by atoms with van der Waals surface area (Å²) in [5, 5.41) is 41.6. The highest BCUT2D eigenvalue weighted by atomic mass is 35.5. The summed E-state index contributed by atoms with van der Waals surface area (Å²) in [6.45, 7) is 0. The van der Waals surface area contributed by atoms with Gasteiger partial charge in [0.1, 0.15) is 0 Å². The lowest BCUT2D eigenvalue weighted by molar-refractivity contribution is -0.137. The van der Waals surface area contributed by atoms with Gasteiger partial charge in [-0.25, -0.2) is 0 Å². The Morgan fingerprint density at radius 3 is 2.75 bits per heavy atom. The molecule has 1 aromatic carbocycles. The maximum atomic E-state index is 10.6. The van der Waals surface area contributed by atoms with E-state index in [2.05, 4.69) is 0 Å². The largest absolute Gasteiger partial charge is 0.481 e. The van der Waals surface area contributed by atoms with E-state index in [9.17, 15) is 20.1 Å². The van der Waals surface area contributed by atoms with Crippen LogP contribution in [0.25, 0.3) is 10.1 Å². The Morgan fingerprint density at radius 2 is 2.00 bits per heavy atom. The third kappa shape index (κ3) is 6.65. The van der Waals surface area contributed by atoms with Crippen LogP contribution in [0.1, 0.15) is 43.4 Å². The molecule has 4 N–H and O–H groups in total. The van der Waals surface area contributed by atoms with Crippen LogP contribution in [-0.2, 0) is 11.2 Å². The molecule has 1 fully saturated rings. The first-order valence-electron chi connectivity index (χ1n) is 11.1. The Labute approximate surface area is 197 Å². The molecule has 0 saturated heterocycles. The number of halogens is 1. The predicted octanol–water partition coefficient (Wildman–Crippen LogP) is 4.96. The number of carbonyl (C=O) groups is 1. The summed E-state index contributed by atoms with van der Waals surface area (Å²) >= 11 is 8.13. The van der Waals surface area contributed by atoms with Crippen LogP contribution >= 0.6 is 22.9 Å². The monoisotopic (exact) mass is 478 g/mol. The molecule has 0 amide bonds. The number of hydrogen-bond acceptors (Lipinski definition) is 5. The molecule has 1 aliphatic rings. The minimum absolute atomic E-state index is 0.124. The molecule has 1 aliphatic carbocycles. The first kappa shape index (κ1) is 24.9. The van der Waals surface area contributed by atoms with Crippen LogP contribution in [0.15, 0.2) is 48.6 Å². The third-order valence-electron chi connectivity index (χ3n) is 6.08. The van der Waals surface area contributed by atoms with E-state index in [1.165, 1.54) is 0 Å². The lowest BCUT2D eigenvalue weighted by atomic mass is 9.89. The van der Waals surface area contributed by atoms with Gasteiger partial charge in [-0.1, -0.05) is 54.1 Å². The Kier molecular flexibility index (Phi) is 9.32. The summed E-state index contributed by atoms with van der Waals surface area (Å²) in [6.07, 6.45) is 9.07. The molecule has 0 bridgehead atoms. The van der Waals surface area contributed by atoms with Crippen molar-refractivity contribution in [3.8, 4) is 0 Å². The quantitative estimate of drug-likeness (QED) is 0.270. The molecule has 1 saturated carbocycles. The van der Waals surface area contributed by atoms with Gasteiger partial charge >= 0.3 is 5.97 Å². The van der Waals surface area contributed by atoms with Crippen LogP contribution in [-0.4, -0.2) is 44.7 Å². The summed E-state index contributed by atoms with van der Waals surface area (Å²) in [5.74, 6) is -1.15. The number of hydrogen-bond donors (Lipinski definition) is 4. The fraction of sp³-hybridized carbons (Fsp3) is 0.480. The standard InChI is InChI=1S/C25H31ClO5S/c26-25-19-8-5-6-9-22(19)32-23(25)14-12-16(27)11-13-18-17(20(28)15-21(18)29)7-3-1-2-4-10-24(30)31/h1,3,5-6,8-9,11,13,16-18,20-21,27-29H,2,4,7,10,12,14-15H2,(H,30,31)/b3-1-,13-11+/t16?,17-,18?,20?,21?/m1/s1. The normalized spacial score (nSPS) is 24.8. The zero-order valence-electron chi connectivity index (χ0n) is 17.9. The van der Waals surface area contributed by atoms with Crippen LogP contribution < -0.4 is 0 Å². The topological polar surface area (TPSA) is 98.0 Å². The van der Waals surface area contributed by atoms with Crippen LogP contribution in [0.4, 0.5) is 0 Å². The van der Waals surface area contributed by atoms with E-state index in [1.807, 2.05) is 42.5 Å². The maximum absolute atomic E-state index is 10.6. The predicted molar refractivity (Wildman–Crippen MR) is 129 cm³/mol. The highest BCUT2D eigenvalue weighted by molar-refractivity contribution is 7.19. The summed E-state index contributed by atoms with van der Waals surface area (Å²) in [6, 6.07) is 7.99. The highest BCUT2D eigenvalue weighted by Crippen LogP contribution is 2.37. The molecule has 3 rings (SSSR count). The summed E-state index contributed by atoms with van der Waals surface area (Å²) in [5.41, 5.74) is 0. The summed E-state index contributed by atoms with van der Waals surface area (Å²) in [7, 11) is 0. The fourth-order valence-electron chi connectivity index (χ4n) is 4.31. The van der Waals surface area contributed by atoms with Crippen molar-refractivity contribution in [2.75, 3.05) is 0 Å². The molecule has 2 aromatic rings. The molecule has 0 spiro atoms. The number of aliphatic hydroxyl groups is 3. The number of carboxylic acids is 1. The van der Waals surface area contributed by atoms with Gasteiger partial charge in [0.25, 0.3) is 0 Å². The average molecular weight is 479 g/mol. The number of unbranched alkanes of at least 4 members (excludes halogenated alkanes) is 1. The molecule has 0 aliphatic heterocycles. The SMILES string of the molecule is O=C(O)CCC/C=C\C[C@H]1C(O)CC(O)C1/C=C/C(O)CCc1sc2ccccc2c1Cl. The van der Waals surface area contributed by atoms with Crippen molar-refractivity contribution >= 4 is 39.0 Å². The van der Waals surface area contributed by atoms with Crippen molar-refractivity contribution in [3.05, 3.63) is 58.5 Å². The molecule has 1 aromatic heterocycles. The minimum atomic E-state index is -0.800. The second-order valence-electron chi connectivity index (χ2n) is 8.43. The Balaban J connectivity index is 1.52. The summed E-state index contributed by atoms with van der Waals surface area (Å²) in [4.78, 5) is 11.6. The molecule has 5 nitrogen and oxygen atoms in total. The molecule has 7 heteroatoms. The molecule has 174 valence electrons. The molecule has 0 radical (unpaired) electrons. The van der Waals surface area contributed by atoms with Crippen molar-refractivity contribution in [3.63, 3.8) is 0 Å². The van der Waals surface area contributed by atoms with E-state index in [0.717, 1.165) is 20.0 Å². The average Bonchev–Trinajstić information content (AvgIpc) is 3.22. The number of aryl methyl sites for hydroxylation is 1.